The summed E-state index contributed by atoms with van der Waals surface area (Å²) in [6.45, 7) is 12.5. The Hall–Kier alpha value is -1.99. The summed E-state index contributed by atoms with van der Waals surface area (Å²) in [5.41, 5.74) is -2.78. The van der Waals surface area contributed by atoms with Gasteiger partial charge in [0.05, 0.1) is 0 Å². The number of hydrogen-bond donors (Lipinski definition) is 2. The zero-order chi connectivity index (χ0) is 20.3. The molecule has 2 amide bonds. The normalized spacial score (nSPS) is 23.5. The van der Waals surface area contributed by atoms with E-state index in [9.17, 15) is 19.5 Å². The Kier molecular flexibility index (Phi) is 6.54. The molecule has 1 heterocycles. The van der Waals surface area contributed by atoms with Crippen molar-refractivity contribution in [2.24, 2.45) is 5.92 Å². The maximum atomic E-state index is 12.5. The first kappa shape index (κ1) is 22.1. The maximum Gasteiger partial charge on any atom is 0.411 e. The minimum Gasteiger partial charge on any atom is -0.479 e. The van der Waals surface area contributed by atoms with Gasteiger partial charge in [0.1, 0.15) is 16.7 Å². The van der Waals surface area contributed by atoms with E-state index in [4.69, 9.17) is 9.47 Å². The molecule has 1 aliphatic heterocycles. The molecule has 8 heteroatoms. The van der Waals surface area contributed by atoms with Gasteiger partial charge in [0.25, 0.3) is 0 Å². The number of carbonyl (C=O) groups is 3. The Morgan fingerprint density at radius 2 is 1.65 bits per heavy atom. The Morgan fingerprint density at radius 3 is 2.08 bits per heavy atom. The molecule has 0 aromatic carbocycles. The molecular weight excluding hydrogens is 340 g/mol. The minimum atomic E-state index is -1.42. The molecule has 26 heavy (non-hydrogen) atoms. The highest BCUT2D eigenvalue weighted by Gasteiger charge is 2.56. The number of nitrogens with one attached hydrogen (secondary N) is 1. The number of carboxylic acid groups (broad SMARTS) is 1. The second kappa shape index (κ2) is 7.72. The Balaban J connectivity index is 2.95. The Morgan fingerprint density at radius 1 is 1.12 bits per heavy atom. The van der Waals surface area contributed by atoms with E-state index in [-0.39, 0.29) is 19.5 Å². The number of carboxylic acids is 1. The predicted molar refractivity (Wildman–Crippen MR) is 95.9 cm³/mol. The number of alkyl carbamates (subject to hydrolysis) is 1. The minimum absolute atomic E-state index is 0.106. The number of likely N-dealkylation sites (tertiary alicyclic amines) is 1. The number of hydrogen-bond acceptors (Lipinski definition) is 5. The number of amides is 2. The number of aliphatic carboxylic acids is 1. The summed E-state index contributed by atoms with van der Waals surface area (Å²) in [4.78, 5) is 37.8. The molecule has 0 radical (unpaired) electrons. The highest BCUT2D eigenvalue weighted by molar-refractivity contribution is 5.86. The smallest absolute Gasteiger partial charge is 0.411 e. The largest absolute Gasteiger partial charge is 0.479 e. The molecule has 1 saturated heterocycles. The summed E-state index contributed by atoms with van der Waals surface area (Å²) in [6.07, 6.45) is -0.595. The molecule has 2 N–H and O–H groups in total. The third kappa shape index (κ3) is 5.25. The van der Waals surface area contributed by atoms with Crippen molar-refractivity contribution in [1.29, 1.82) is 0 Å². The first-order valence-corrected chi connectivity index (χ1v) is 8.94. The van der Waals surface area contributed by atoms with Gasteiger partial charge in [-0.2, -0.15) is 0 Å². The molecule has 0 aromatic rings. The van der Waals surface area contributed by atoms with Gasteiger partial charge in [0, 0.05) is 19.0 Å². The molecule has 0 aromatic heterocycles. The summed E-state index contributed by atoms with van der Waals surface area (Å²) in [7, 11) is 0. The lowest BCUT2D eigenvalue weighted by Gasteiger charge is -2.38. The average Bonchev–Trinajstić information content (AvgIpc) is 2.80. The van der Waals surface area contributed by atoms with Gasteiger partial charge in [-0.1, -0.05) is 6.92 Å². The first-order chi connectivity index (χ1) is 11.7. The molecule has 1 aliphatic rings. The summed E-state index contributed by atoms with van der Waals surface area (Å²) >= 11 is 0. The van der Waals surface area contributed by atoms with Crippen LogP contribution in [0.25, 0.3) is 0 Å². The molecule has 1 fully saturated rings. The van der Waals surface area contributed by atoms with Gasteiger partial charge in [-0.25, -0.2) is 14.4 Å². The Labute approximate surface area is 155 Å². The van der Waals surface area contributed by atoms with Gasteiger partial charge in [-0.3, -0.25) is 4.90 Å². The van der Waals surface area contributed by atoms with Crippen LogP contribution in [0.2, 0.25) is 0 Å². The highest BCUT2D eigenvalue weighted by Crippen LogP contribution is 2.39. The van der Waals surface area contributed by atoms with E-state index >= 15 is 0 Å². The van der Waals surface area contributed by atoms with E-state index in [1.165, 1.54) is 4.90 Å². The maximum absolute atomic E-state index is 12.5. The fourth-order valence-electron chi connectivity index (χ4n) is 3.23. The number of ether oxygens (including phenoxy) is 2. The predicted octanol–water partition coefficient (Wildman–Crippen LogP) is 3.00. The molecule has 0 saturated carbocycles. The van der Waals surface area contributed by atoms with Crippen molar-refractivity contribution in [3.63, 3.8) is 0 Å². The number of rotatable bonds is 4. The molecule has 0 spiro atoms. The lowest BCUT2D eigenvalue weighted by molar-refractivity contribution is -0.152. The van der Waals surface area contributed by atoms with E-state index in [1.807, 2.05) is 0 Å². The Bertz CT molecular complexity index is 549. The van der Waals surface area contributed by atoms with E-state index in [0.29, 0.717) is 6.42 Å². The van der Waals surface area contributed by atoms with Crippen LogP contribution in [-0.4, -0.2) is 58.0 Å². The molecule has 8 nitrogen and oxygen atoms in total. The van der Waals surface area contributed by atoms with Crippen molar-refractivity contribution in [3.05, 3.63) is 0 Å². The standard InChI is InChI=1S/C18H32N2O6/c1-8-18(13(21)22)12(11-19-14(23)25-16(2,3)4)9-10-20(18)15(24)26-17(5,6)7/h12H,8-11H2,1-7H3,(H,19,23)(H,21,22)/t12-,18+/m0/s1. The van der Waals surface area contributed by atoms with Crippen molar-refractivity contribution in [2.45, 2.75) is 78.0 Å². The number of carbonyl (C=O) groups excluding carboxylic acids is 2. The molecular formula is C18H32N2O6. The van der Waals surface area contributed by atoms with Crippen LogP contribution < -0.4 is 5.32 Å². The van der Waals surface area contributed by atoms with Crippen LogP contribution in [0.3, 0.4) is 0 Å². The van der Waals surface area contributed by atoms with Gasteiger partial charge in [-0.05, 0) is 54.4 Å². The zero-order valence-corrected chi connectivity index (χ0v) is 16.8. The molecule has 150 valence electrons. The SMILES string of the molecule is CC[C@]1(C(=O)O)[C@H](CNC(=O)OC(C)(C)C)CCN1C(=O)OC(C)(C)C. The second-order valence-electron chi connectivity index (χ2n) is 8.58. The lowest BCUT2D eigenvalue weighted by Crippen LogP contribution is -2.58. The molecule has 0 aliphatic carbocycles. The van der Waals surface area contributed by atoms with Gasteiger partial charge in [0.15, 0.2) is 0 Å². The summed E-state index contributed by atoms with van der Waals surface area (Å²) in [6, 6.07) is 0. The van der Waals surface area contributed by atoms with E-state index in [2.05, 4.69) is 5.32 Å². The summed E-state index contributed by atoms with van der Waals surface area (Å²) in [5, 5.41) is 12.5. The van der Waals surface area contributed by atoms with Crippen LogP contribution in [0, 0.1) is 5.92 Å². The third-order valence-electron chi connectivity index (χ3n) is 4.27. The van der Waals surface area contributed by atoms with Crippen LogP contribution in [0.4, 0.5) is 9.59 Å². The van der Waals surface area contributed by atoms with E-state index < -0.39 is 40.8 Å². The van der Waals surface area contributed by atoms with Crippen molar-refractivity contribution >= 4 is 18.2 Å². The third-order valence-corrected chi connectivity index (χ3v) is 4.27. The summed E-state index contributed by atoms with van der Waals surface area (Å²) in [5.74, 6) is -1.54. The first-order valence-electron chi connectivity index (χ1n) is 8.94. The van der Waals surface area contributed by atoms with E-state index in [0.717, 1.165) is 0 Å². The van der Waals surface area contributed by atoms with Crippen LogP contribution in [0.1, 0.15) is 61.3 Å². The molecule has 2 atom stereocenters. The topological polar surface area (TPSA) is 105 Å². The monoisotopic (exact) mass is 372 g/mol. The van der Waals surface area contributed by atoms with Crippen LogP contribution in [0.15, 0.2) is 0 Å². The number of nitrogens with zero attached hydrogens (tertiary/aromatic N) is 1. The zero-order valence-electron chi connectivity index (χ0n) is 16.8. The van der Waals surface area contributed by atoms with Crippen molar-refractivity contribution in [1.82, 2.24) is 10.2 Å². The quantitative estimate of drug-likeness (QED) is 0.786. The summed E-state index contributed by atoms with van der Waals surface area (Å²) < 4.78 is 10.6. The van der Waals surface area contributed by atoms with Gasteiger partial charge in [0.2, 0.25) is 0 Å². The van der Waals surface area contributed by atoms with Crippen molar-refractivity contribution in [2.75, 3.05) is 13.1 Å². The van der Waals surface area contributed by atoms with E-state index in [1.54, 1.807) is 48.5 Å². The fraction of sp³-hybridized carbons (Fsp3) is 0.833. The van der Waals surface area contributed by atoms with Crippen molar-refractivity contribution < 1.29 is 29.0 Å². The lowest BCUT2D eigenvalue weighted by atomic mass is 9.82. The van der Waals surface area contributed by atoms with Crippen LogP contribution in [0.5, 0.6) is 0 Å². The van der Waals surface area contributed by atoms with Gasteiger partial charge < -0.3 is 19.9 Å². The van der Waals surface area contributed by atoms with Crippen LogP contribution in [-0.2, 0) is 14.3 Å². The van der Waals surface area contributed by atoms with Crippen molar-refractivity contribution in [3.8, 4) is 0 Å². The second-order valence-corrected chi connectivity index (χ2v) is 8.58. The van der Waals surface area contributed by atoms with Gasteiger partial charge in [-0.15, -0.1) is 0 Å². The highest BCUT2D eigenvalue weighted by atomic mass is 16.6. The van der Waals surface area contributed by atoms with Crippen LogP contribution >= 0.6 is 0 Å². The van der Waals surface area contributed by atoms with Gasteiger partial charge >= 0.3 is 18.2 Å². The average molecular weight is 372 g/mol. The molecule has 0 unspecified atom stereocenters. The fourth-order valence-corrected chi connectivity index (χ4v) is 3.23. The molecule has 1 rings (SSSR count). The molecule has 0 bridgehead atoms.